The number of nitrogens with zero attached hydrogens (tertiary/aromatic N) is 1. The van der Waals surface area contributed by atoms with Crippen LogP contribution in [0.4, 0.5) is 11.4 Å². The molecule has 0 saturated heterocycles. The number of nitrogens with one attached hydrogen (secondary N) is 1. The maximum absolute atomic E-state index is 13.4. The number of Topliss-reactive ketones (excluding diaryl/α,β-unsaturated/α-hetero) is 1. The number of allylic oxidation sites excluding steroid dienone is 1. The molecule has 1 atom stereocenters. The SMILES string of the molecule is CC1(C)CC(=O)C2=C(C1)C(c1ccccc1[N+](=O)[O-])Nc1ccc3ccccc3c12. The zero-order valence-electron chi connectivity index (χ0n) is 16.9. The Kier molecular flexibility index (Phi) is 4.03. The van der Waals surface area contributed by atoms with Crippen molar-refractivity contribution in [1.29, 1.82) is 0 Å². The zero-order valence-corrected chi connectivity index (χ0v) is 16.9. The van der Waals surface area contributed by atoms with Crippen molar-refractivity contribution in [1.82, 2.24) is 0 Å². The molecule has 150 valence electrons. The number of para-hydroxylation sites is 1. The van der Waals surface area contributed by atoms with E-state index >= 15 is 0 Å². The highest BCUT2D eigenvalue weighted by molar-refractivity contribution is 6.28. The number of nitro benzene ring substituents is 1. The summed E-state index contributed by atoms with van der Waals surface area (Å²) in [6.45, 7) is 4.17. The molecule has 0 bridgehead atoms. The summed E-state index contributed by atoms with van der Waals surface area (Å²) in [5, 5.41) is 17.4. The number of rotatable bonds is 2. The summed E-state index contributed by atoms with van der Waals surface area (Å²) < 4.78 is 0. The molecule has 0 radical (unpaired) electrons. The van der Waals surface area contributed by atoms with Gasteiger partial charge >= 0.3 is 0 Å². The molecule has 0 spiro atoms. The molecule has 30 heavy (non-hydrogen) atoms. The fraction of sp³-hybridized carbons (Fsp3) is 0.240. The van der Waals surface area contributed by atoms with E-state index in [-0.39, 0.29) is 21.8 Å². The van der Waals surface area contributed by atoms with Gasteiger partial charge in [-0.3, -0.25) is 14.9 Å². The van der Waals surface area contributed by atoms with Gasteiger partial charge in [0.1, 0.15) is 0 Å². The van der Waals surface area contributed by atoms with E-state index in [1.165, 1.54) is 6.07 Å². The van der Waals surface area contributed by atoms with E-state index in [2.05, 4.69) is 19.2 Å². The zero-order chi connectivity index (χ0) is 21.0. The minimum absolute atomic E-state index is 0.0712. The summed E-state index contributed by atoms with van der Waals surface area (Å²) in [5.41, 5.74) is 3.95. The van der Waals surface area contributed by atoms with Crippen LogP contribution in [0.1, 0.15) is 43.9 Å². The Balaban J connectivity index is 1.82. The maximum Gasteiger partial charge on any atom is 0.275 e. The molecule has 5 heteroatoms. The Hall–Kier alpha value is -3.47. The summed E-state index contributed by atoms with van der Waals surface area (Å²) in [6.07, 6.45) is 1.18. The predicted molar refractivity (Wildman–Crippen MR) is 118 cm³/mol. The van der Waals surface area contributed by atoms with Crippen LogP contribution in [-0.2, 0) is 4.79 Å². The number of ketones is 1. The molecule has 0 fully saturated rings. The van der Waals surface area contributed by atoms with Crippen LogP contribution >= 0.6 is 0 Å². The smallest absolute Gasteiger partial charge is 0.275 e. The maximum atomic E-state index is 13.4. The van der Waals surface area contributed by atoms with Crippen LogP contribution in [0.25, 0.3) is 16.3 Å². The molecule has 2 aliphatic rings. The molecule has 1 N–H and O–H groups in total. The Bertz CT molecular complexity index is 1260. The van der Waals surface area contributed by atoms with Crippen molar-refractivity contribution in [3.63, 3.8) is 0 Å². The largest absolute Gasteiger partial charge is 0.374 e. The highest BCUT2D eigenvalue weighted by Crippen LogP contribution is 2.52. The number of carbonyl (C=O) groups is 1. The average Bonchev–Trinajstić information content (AvgIpc) is 2.71. The number of nitro groups is 1. The van der Waals surface area contributed by atoms with Crippen molar-refractivity contribution in [3.05, 3.63) is 87.5 Å². The number of hydrogen-bond donors (Lipinski definition) is 1. The lowest BCUT2D eigenvalue weighted by Gasteiger charge is -2.40. The van der Waals surface area contributed by atoms with Crippen molar-refractivity contribution >= 4 is 33.5 Å². The fourth-order valence-electron chi connectivity index (χ4n) is 4.98. The van der Waals surface area contributed by atoms with Crippen LogP contribution in [0, 0.1) is 15.5 Å². The Morgan fingerprint density at radius 3 is 2.53 bits per heavy atom. The van der Waals surface area contributed by atoms with Gasteiger partial charge in [0.2, 0.25) is 0 Å². The average molecular weight is 398 g/mol. The first kappa shape index (κ1) is 18.6. The first-order valence-electron chi connectivity index (χ1n) is 10.1. The van der Waals surface area contributed by atoms with Gasteiger partial charge in [-0.05, 0) is 40.3 Å². The van der Waals surface area contributed by atoms with Gasteiger partial charge in [-0.1, -0.05) is 56.3 Å². The number of benzene rings is 3. The molecule has 5 rings (SSSR count). The molecule has 3 aromatic carbocycles. The van der Waals surface area contributed by atoms with Crippen molar-refractivity contribution in [2.45, 2.75) is 32.7 Å². The Labute approximate surface area is 174 Å². The third kappa shape index (κ3) is 2.81. The third-order valence-corrected chi connectivity index (χ3v) is 6.18. The van der Waals surface area contributed by atoms with E-state index in [1.807, 2.05) is 42.5 Å². The van der Waals surface area contributed by atoms with Gasteiger partial charge < -0.3 is 5.32 Å². The highest BCUT2D eigenvalue weighted by Gasteiger charge is 2.41. The molecular weight excluding hydrogens is 376 g/mol. The van der Waals surface area contributed by atoms with Crippen LogP contribution in [0.2, 0.25) is 0 Å². The predicted octanol–water partition coefficient (Wildman–Crippen LogP) is 6.06. The van der Waals surface area contributed by atoms with E-state index in [9.17, 15) is 14.9 Å². The van der Waals surface area contributed by atoms with E-state index < -0.39 is 6.04 Å². The standard InChI is InChI=1S/C25H22N2O3/c1-25(2)13-18-23(21(28)14-25)22-16-8-4-3-7-15(16)11-12-19(22)26-24(18)17-9-5-6-10-20(17)27(29)30/h3-12,24,26H,13-14H2,1-2H3. The number of carbonyl (C=O) groups excluding carboxylic acids is 1. The van der Waals surface area contributed by atoms with E-state index in [0.29, 0.717) is 18.4 Å². The molecule has 1 aliphatic carbocycles. The van der Waals surface area contributed by atoms with Crippen LogP contribution in [0.15, 0.2) is 66.2 Å². The summed E-state index contributed by atoms with van der Waals surface area (Å²) in [5.74, 6) is 0.115. The van der Waals surface area contributed by atoms with Crippen molar-refractivity contribution in [2.75, 3.05) is 5.32 Å². The summed E-state index contributed by atoms with van der Waals surface area (Å²) in [7, 11) is 0. The molecule has 0 aromatic heterocycles. The third-order valence-electron chi connectivity index (χ3n) is 6.18. The van der Waals surface area contributed by atoms with Gasteiger partial charge in [0.25, 0.3) is 5.69 Å². The van der Waals surface area contributed by atoms with Gasteiger partial charge in [-0.2, -0.15) is 0 Å². The normalized spacial score (nSPS) is 19.8. The first-order chi connectivity index (χ1) is 14.4. The van der Waals surface area contributed by atoms with E-state index in [1.54, 1.807) is 12.1 Å². The molecule has 0 amide bonds. The van der Waals surface area contributed by atoms with Crippen molar-refractivity contribution in [3.8, 4) is 0 Å². The second-order valence-electron chi connectivity index (χ2n) is 8.94. The number of anilines is 1. The summed E-state index contributed by atoms with van der Waals surface area (Å²) in [4.78, 5) is 24.8. The van der Waals surface area contributed by atoms with Gasteiger partial charge in [0.15, 0.2) is 5.78 Å². The van der Waals surface area contributed by atoms with Crippen LogP contribution in [-0.4, -0.2) is 10.7 Å². The molecule has 1 unspecified atom stereocenters. The second-order valence-corrected chi connectivity index (χ2v) is 8.94. The first-order valence-corrected chi connectivity index (χ1v) is 10.1. The molecule has 3 aromatic rings. The monoisotopic (exact) mass is 398 g/mol. The van der Waals surface area contributed by atoms with Crippen LogP contribution in [0.3, 0.4) is 0 Å². The van der Waals surface area contributed by atoms with Gasteiger partial charge in [-0.15, -0.1) is 0 Å². The van der Waals surface area contributed by atoms with Gasteiger partial charge in [0.05, 0.1) is 16.5 Å². The minimum Gasteiger partial charge on any atom is -0.374 e. The lowest BCUT2D eigenvalue weighted by Crippen LogP contribution is -2.32. The van der Waals surface area contributed by atoms with Gasteiger partial charge in [0, 0.05) is 29.3 Å². The fourth-order valence-corrected chi connectivity index (χ4v) is 4.98. The minimum atomic E-state index is -0.404. The van der Waals surface area contributed by atoms with E-state index in [4.69, 9.17) is 0 Å². The van der Waals surface area contributed by atoms with Crippen molar-refractivity contribution < 1.29 is 9.72 Å². The topological polar surface area (TPSA) is 72.2 Å². The Morgan fingerprint density at radius 2 is 1.73 bits per heavy atom. The highest BCUT2D eigenvalue weighted by atomic mass is 16.6. The summed E-state index contributed by atoms with van der Waals surface area (Å²) in [6, 6.07) is 18.5. The molecular formula is C25H22N2O3. The number of hydrogen-bond acceptors (Lipinski definition) is 4. The quantitative estimate of drug-likeness (QED) is 0.421. The second kappa shape index (κ2) is 6.52. The van der Waals surface area contributed by atoms with Crippen LogP contribution < -0.4 is 5.32 Å². The van der Waals surface area contributed by atoms with Crippen LogP contribution in [0.5, 0.6) is 0 Å². The molecule has 1 heterocycles. The van der Waals surface area contributed by atoms with Gasteiger partial charge in [-0.25, -0.2) is 0 Å². The molecule has 0 saturated carbocycles. The lowest BCUT2D eigenvalue weighted by molar-refractivity contribution is -0.385. The molecule has 1 aliphatic heterocycles. The number of fused-ring (bicyclic) bond motifs is 4. The summed E-state index contributed by atoms with van der Waals surface area (Å²) >= 11 is 0. The molecule has 5 nitrogen and oxygen atoms in total. The lowest BCUT2D eigenvalue weighted by atomic mass is 9.67. The van der Waals surface area contributed by atoms with Crippen molar-refractivity contribution in [2.24, 2.45) is 5.41 Å². The van der Waals surface area contributed by atoms with E-state index in [0.717, 1.165) is 33.2 Å². The Morgan fingerprint density at radius 1 is 1.00 bits per heavy atom.